The quantitative estimate of drug-likeness (QED) is 0.628. The minimum absolute atomic E-state index is 0.0885. The Bertz CT molecular complexity index is 158. The van der Waals surface area contributed by atoms with Crippen LogP contribution in [0, 0.1) is 0 Å². The molecule has 0 aromatic carbocycles. The molecule has 2 saturated heterocycles. The van der Waals surface area contributed by atoms with E-state index in [-0.39, 0.29) is 5.60 Å². The maximum absolute atomic E-state index is 5.97. The summed E-state index contributed by atoms with van der Waals surface area (Å²) in [5, 5.41) is 3.48. The first-order valence-corrected chi connectivity index (χ1v) is 5.45. The van der Waals surface area contributed by atoms with E-state index in [0.29, 0.717) is 12.6 Å². The summed E-state index contributed by atoms with van der Waals surface area (Å²) in [6.07, 6.45) is 6.15. The zero-order valence-corrected chi connectivity index (χ0v) is 8.22. The van der Waals surface area contributed by atoms with Crippen LogP contribution in [0.4, 0.5) is 0 Å². The number of nitrogens with two attached hydrogens (primary N) is 1. The minimum atomic E-state index is 0.0885. The second-order valence-corrected chi connectivity index (χ2v) is 4.22. The summed E-state index contributed by atoms with van der Waals surface area (Å²) in [4.78, 5) is 0. The fraction of sp³-hybridized carbons (Fsp3) is 1.00. The van der Waals surface area contributed by atoms with Gasteiger partial charge in [-0.25, -0.2) is 0 Å². The highest BCUT2D eigenvalue weighted by molar-refractivity contribution is 4.98. The van der Waals surface area contributed by atoms with Gasteiger partial charge in [0.1, 0.15) is 0 Å². The topological polar surface area (TPSA) is 47.3 Å². The largest absolute Gasteiger partial charge is 0.373 e. The predicted molar refractivity (Wildman–Crippen MR) is 52.6 cm³/mol. The Morgan fingerprint density at radius 3 is 2.85 bits per heavy atom. The van der Waals surface area contributed by atoms with Crippen molar-refractivity contribution in [3.05, 3.63) is 0 Å². The molecule has 1 spiro atoms. The molecule has 0 saturated carbocycles. The maximum atomic E-state index is 5.97. The van der Waals surface area contributed by atoms with Gasteiger partial charge in [0, 0.05) is 19.2 Å². The number of nitrogens with one attached hydrogen (secondary N) is 1. The molecule has 0 amide bonds. The van der Waals surface area contributed by atoms with Crippen LogP contribution in [0.25, 0.3) is 0 Å². The molecule has 0 unspecified atom stereocenters. The lowest BCUT2D eigenvalue weighted by atomic mass is 9.80. The molecular formula is C10H20N2O. The third-order valence-electron chi connectivity index (χ3n) is 3.42. The molecule has 2 rings (SSSR count). The lowest BCUT2D eigenvalue weighted by Gasteiger charge is -2.46. The average molecular weight is 184 g/mol. The van der Waals surface area contributed by atoms with Gasteiger partial charge in [0.2, 0.25) is 0 Å². The van der Waals surface area contributed by atoms with Gasteiger partial charge in [-0.3, -0.25) is 0 Å². The van der Waals surface area contributed by atoms with Crippen LogP contribution in [0.2, 0.25) is 0 Å². The molecule has 2 aliphatic rings. The smallest absolute Gasteiger partial charge is 0.0847 e. The molecular weight excluding hydrogens is 164 g/mol. The Morgan fingerprint density at radius 1 is 1.31 bits per heavy atom. The monoisotopic (exact) mass is 184 g/mol. The van der Waals surface area contributed by atoms with E-state index < -0.39 is 0 Å². The third kappa shape index (κ3) is 1.73. The third-order valence-corrected chi connectivity index (χ3v) is 3.42. The fourth-order valence-corrected chi connectivity index (χ4v) is 2.67. The van der Waals surface area contributed by atoms with Gasteiger partial charge in [-0.15, -0.1) is 0 Å². The number of rotatable bonds is 1. The van der Waals surface area contributed by atoms with E-state index >= 15 is 0 Å². The lowest BCUT2D eigenvalue weighted by Crippen LogP contribution is -2.60. The summed E-state index contributed by atoms with van der Waals surface area (Å²) in [5.41, 5.74) is 5.85. The van der Waals surface area contributed by atoms with Crippen LogP contribution in [0.1, 0.15) is 32.1 Å². The van der Waals surface area contributed by atoms with Crippen LogP contribution >= 0.6 is 0 Å². The van der Waals surface area contributed by atoms with Crippen molar-refractivity contribution in [2.24, 2.45) is 5.73 Å². The van der Waals surface area contributed by atoms with Crippen LogP contribution < -0.4 is 11.1 Å². The molecule has 2 aliphatic heterocycles. The van der Waals surface area contributed by atoms with E-state index in [1.807, 2.05) is 0 Å². The summed E-state index contributed by atoms with van der Waals surface area (Å²) in [6, 6.07) is 0.390. The molecule has 0 aromatic heterocycles. The van der Waals surface area contributed by atoms with E-state index in [9.17, 15) is 0 Å². The van der Waals surface area contributed by atoms with Gasteiger partial charge in [-0.2, -0.15) is 0 Å². The fourth-order valence-electron chi connectivity index (χ4n) is 2.67. The second kappa shape index (κ2) is 3.95. The Kier molecular flexibility index (Phi) is 2.86. The zero-order valence-electron chi connectivity index (χ0n) is 8.22. The van der Waals surface area contributed by atoms with Crippen molar-refractivity contribution in [3.8, 4) is 0 Å². The molecule has 3 N–H and O–H groups in total. The number of hydrogen-bond donors (Lipinski definition) is 2. The molecule has 2 atom stereocenters. The molecule has 2 fully saturated rings. The van der Waals surface area contributed by atoms with Crippen molar-refractivity contribution in [2.75, 3.05) is 19.7 Å². The van der Waals surface area contributed by atoms with Crippen molar-refractivity contribution >= 4 is 0 Å². The van der Waals surface area contributed by atoms with Crippen molar-refractivity contribution in [1.29, 1.82) is 0 Å². The van der Waals surface area contributed by atoms with Crippen molar-refractivity contribution in [3.63, 3.8) is 0 Å². The van der Waals surface area contributed by atoms with Crippen LogP contribution in [-0.2, 0) is 4.74 Å². The highest BCUT2D eigenvalue weighted by atomic mass is 16.5. The Balaban J connectivity index is 2.06. The lowest BCUT2D eigenvalue weighted by molar-refractivity contribution is -0.115. The Labute approximate surface area is 80.0 Å². The van der Waals surface area contributed by atoms with E-state index in [2.05, 4.69) is 5.32 Å². The van der Waals surface area contributed by atoms with Crippen LogP contribution in [-0.4, -0.2) is 31.3 Å². The van der Waals surface area contributed by atoms with Gasteiger partial charge < -0.3 is 15.8 Å². The van der Waals surface area contributed by atoms with Gasteiger partial charge in [0.25, 0.3) is 0 Å². The SMILES string of the molecule is NC[C@@H]1NCCC[C@@]12CCCCO2. The zero-order chi connectivity index (χ0) is 9.15. The summed E-state index contributed by atoms with van der Waals surface area (Å²) >= 11 is 0. The van der Waals surface area contributed by atoms with Gasteiger partial charge in [-0.1, -0.05) is 0 Å². The van der Waals surface area contributed by atoms with Crippen molar-refractivity contribution in [2.45, 2.75) is 43.7 Å². The molecule has 3 nitrogen and oxygen atoms in total. The molecule has 0 radical (unpaired) electrons. The van der Waals surface area contributed by atoms with Gasteiger partial charge >= 0.3 is 0 Å². The molecule has 76 valence electrons. The molecule has 2 heterocycles. The first-order chi connectivity index (χ1) is 6.37. The molecule has 0 aromatic rings. The summed E-state index contributed by atoms with van der Waals surface area (Å²) < 4.78 is 5.97. The van der Waals surface area contributed by atoms with Crippen LogP contribution in [0.15, 0.2) is 0 Å². The van der Waals surface area contributed by atoms with Gasteiger partial charge in [-0.05, 0) is 38.6 Å². The van der Waals surface area contributed by atoms with E-state index in [0.717, 1.165) is 13.2 Å². The highest BCUT2D eigenvalue weighted by Crippen LogP contribution is 2.34. The van der Waals surface area contributed by atoms with E-state index in [1.54, 1.807) is 0 Å². The number of hydrogen-bond acceptors (Lipinski definition) is 3. The average Bonchev–Trinajstić information content (AvgIpc) is 2.20. The molecule has 3 heteroatoms. The minimum Gasteiger partial charge on any atom is -0.373 e. The molecule has 13 heavy (non-hydrogen) atoms. The van der Waals surface area contributed by atoms with Crippen molar-refractivity contribution < 1.29 is 4.74 Å². The normalized spacial score (nSPS) is 40.8. The van der Waals surface area contributed by atoms with Crippen LogP contribution in [0.5, 0.6) is 0 Å². The van der Waals surface area contributed by atoms with Crippen LogP contribution in [0.3, 0.4) is 0 Å². The summed E-state index contributed by atoms with van der Waals surface area (Å²) in [6.45, 7) is 2.74. The Hall–Kier alpha value is -0.120. The predicted octanol–water partition coefficient (Wildman–Crippen LogP) is 0.636. The Morgan fingerprint density at radius 2 is 2.15 bits per heavy atom. The summed E-state index contributed by atoms with van der Waals surface area (Å²) in [5.74, 6) is 0. The second-order valence-electron chi connectivity index (χ2n) is 4.22. The van der Waals surface area contributed by atoms with E-state index in [4.69, 9.17) is 10.5 Å². The van der Waals surface area contributed by atoms with Gasteiger partial charge in [0.15, 0.2) is 0 Å². The van der Waals surface area contributed by atoms with Crippen molar-refractivity contribution in [1.82, 2.24) is 5.32 Å². The first kappa shape index (κ1) is 9.44. The maximum Gasteiger partial charge on any atom is 0.0847 e. The molecule has 0 bridgehead atoms. The van der Waals surface area contributed by atoms with Gasteiger partial charge in [0.05, 0.1) is 5.60 Å². The number of piperidine rings is 1. The first-order valence-electron chi connectivity index (χ1n) is 5.45. The number of ether oxygens (including phenoxy) is 1. The standard InChI is InChI=1S/C10H20N2O/c11-8-9-10(5-3-6-12-9)4-1-2-7-13-10/h9,12H,1-8,11H2/t9-,10-/m0/s1. The van der Waals surface area contributed by atoms with E-state index in [1.165, 1.54) is 32.1 Å². The summed E-state index contributed by atoms with van der Waals surface area (Å²) in [7, 11) is 0. The highest BCUT2D eigenvalue weighted by Gasteiger charge is 2.41. The molecule has 0 aliphatic carbocycles.